The van der Waals surface area contributed by atoms with Crippen LogP contribution in [0, 0.1) is 5.92 Å². The molecule has 1 unspecified atom stereocenters. The van der Waals surface area contributed by atoms with Crippen LogP contribution in [-0.4, -0.2) is 11.5 Å². The van der Waals surface area contributed by atoms with Crippen LogP contribution < -0.4 is 5.32 Å². The minimum Gasteiger partial charge on any atom is -0.310 e. The lowest BCUT2D eigenvalue weighted by Crippen LogP contribution is -2.27. The van der Waals surface area contributed by atoms with Crippen molar-refractivity contribution in [2.45, 2.75) is 46.6 Å². The third-order valence-electron chi connectivity index (χ3n) is 2.94. The number of nitrogens with zero attached hydrogens (tertiary/aromatic N) is 1. The van der Waals surface area contributed by atoms with E-state index in [0.717, 1.165) is 13.0 Å². The van der Waals surface area contributed by atoms with Crippen molar-refractivity contribution in [1.82, 2.24) is 10.3 Å². The van der Waals surface area contributed by atoms with Crippen molar-refractivity contribution in [1.29, 1.82) is 0 Å². The fourth-order valence-corrected chi connectivity index (χ4v) is 2.04. The van der Waals surface area contributed by atoms with Gasteiger partial charge in [-0.3, -0.25) is 4.98 Å². The van der Waals surface area contributed by atoms with Gasteiger partial charge in [-0.25, -0.2) is 0 Å². The molecule has 0 aromatic carbocycles. The number of rotatable bonds is 6. The Bertz CT molecular complexity index is 307. The van der Waals surface area contributed by atoms with Crippen LogP contribution in [0.2, 0.25) is 0 Å². The van der Waals surface area contributed by atoms with E-state index in [-0.39, 0.29) is 0 Å². The number of hydrogen-bond acceptors (Lipinski definition) is 2. The molecule has 0 spiro atoms. The highest BCUT2D eigenvalue weighted by molar-refractivity contribution is 5.27. The first-order chi connectivity index (χ1) is 7.70. The fourth-order valence-electron chi connectivity index (χ4n) is 2.04. The highest BCUT2D eigenvalue weighted by atomic mass is 14.9. The topological polar surface area (TPSA) is 24.9 Å². The Morgan fingerprint density at radius 2 is 2.06 bits per heavy atom. The monoisotopic (exact) mass is 220 g/mol. The zero-order chi connectivity index (χ0) is 12.0. The lowest BCUT2D eigenvalue weighted by atomic mass is 9.92. The number of hydrogen-bond donors (Lipinski definition) is 1. The lowest BCUT2D eigenvalue weighted by molar-refractivity contribution is 0.410. The van der Waals surface area contributed by atoms with Crippen molar-refractivity contribution < 1.29 is 0 Å². The van der Waals surface area contributed by atoms with Crippen molar-refractivity contribution in [3.05, 3.63) is 29.6 Å². The summed E-state index contributed by atoms with van der Waals surface area (Å²) in [5.74, 6) is 0.610. The van der Waals surface area contributed by atoms with E-state index in [1.54, 1.807) is 0 Å². The molecule has 1 aromatic heterocycles. The summed E-state index contributed by atoms with van der Waals surface area (Å²) in [5, 5.41) is 3.63. The number of aryl methyl sites for hydroxylation is 1. The fraction of sp³-hybridized carbons (Fsp3) is 0.643. The summed E-state index contributed by atoms with van der Waals surface area (Å²) >= 11 is 0. The maximum atomic E-state index is 4.21. The lowest BCUT2D eigenvalue weighted by Gasteiger charge is -2.24. The summed E-state index contributed by atoms with van der Waals surface area (Å²) in [6.07, 6.45) is 6.13. The Morgan fingerprint density at radius 1 is 1.31 bits per heavy atom. The minimum absolute atomic E-state index is 0.456. The van der Waals surface area contributed by atoms with E-state index < -0.39 is 0 Å². The van der Waals surface area contributed by atoms with Crippen LogP contribution in [0.1, 0.15) is 51.3 Å². The van der Waals surface area contributed by atoms with Gasteiger partial charge >= 0.3 is 0 Å². The summed E-state index contributed by atoms with van der Waals surface area (Å²) in [6.45, 7) is 10.0. The van der Waals surface area contributed by atoms with Gasteiger partial charge in [0.05, 0.1) is 0 Å². The van der Waals surface area contributed by atoms with E-state index in [0.29, 0.717) is 12.0 Å². The third kappa shape index (κ3) is 3.31. The van der Waals surface area contributed by atoms with Crippen LogP contribution >= 0.6 is 0 Å². The molecule has 1 aromatic rings. The molecule has 0 bridgehead atoms. The van der Waals surface area contributed by atoms with Crippen LogP contribution in [0.15, 0.2) is 18.5 Å². The Kier molecular flexibility index (Phi) is 5.47. The van der Waals surface area contributed by atoms with Gasteiger partial charge in [0, 0.05) is 18.4 Å². The van der Waals surface area contributed by atoms with Gasteiger partial charge in [0.15, 0.2) is 0 Å². The van der Waals surface area contributed by atoms with Gasteiger partial charge in [0.1, 0.15) is 0 Å². The Balaban J connectivity index is 2.91. The van der Waals surface area contributed by atoms with Crippen LogP contribution in [0.3, 0.4) is 0 Å². The van der Waals surface area contributed by atoms with Gasteiger partial charge in [-0.15, -0.1) is 0 Å². The first-order valence-electron chi connectivity index (χ1n) is 6.36. The molecular formula is C14H24N2. The van der Waals surface area contributed by atoms with Crippen LogP contribution in [0.25, 0.3) is 0 Å². The van der Waals surface area contributed by atoms with Gasteiger partial charge < -0.3 is 5.32 Å². The molecule has 0 fully saturated rings. The molecule has 0 aliphatic rings. The average Bonchev–Trinajstić information content (AvgIpc) is 2.29. The molecule has 2 heteroatoms. The molecule has 90 valence electrons. The van der Waals surface area contributed by atoms with Gasteiger partial charge in [0.25, 0.3) is 0 Å². The van der Waals surface area contributed by atoms with Crippen molar-refractivity contribution in [2.75, 3.05) is 6.54 Å². The van der Waals surface area contributed by atoms with Crippen LogP contribution in [0.4, 0.5) is 0 Å². The first kappa shape index (κ1) is 13.2. The van der Waals surface area contributed by atoms with E-state index >= 15 is 0 Å². The van der Waals surface area contributed by atoms with E-state index in [9.17, 15) is 0 Å². The molecule has 0 saturated carbocycles. The molecule has 2 nitrogen and oxygen atoms in total. The van der Waals surface area contributed by atoms with Gasteiger partial charge in [0.2, 0.25) is 0 Å². The van der Waals surface area contributed by atoms with E-state index in [2.05, 4.69) is 44.1 Å². The third-order valence-corrected chi connectivity index (χ3v) is 2.94. The number of pyridine rings is 1. The second-order valence-corrected chi connectivity index (χ2v) is 4.60. The minimum atomic E-state index is 0.456. The van der Waals surface area contributed by atoms with E-state index in [1.165, 1.54) is 17.5 Å². The van der Waals surface area contributed by atoms with Gasteiger partial charge in [-0.05, 0) is 42.5 Å². The van der Waals surface area contributed by atoms with Gasteiger partial charge in [-0.1, -0.05) is 27.7 Å². The molecule has 0 aliphatic carbocycles. The summed E-state index contributed by atoms with van der Waals surface area (Å²) in [6, 6.07) is 2.62. The number of nitrogens with one attached hydrogen (secondary N) is 1. The molecule has 1 heterocycles. The second kappa shape index (κ2) is 6.64. The van der Waals surface area contributed by atoms with Crippen molar-refractivity contribution in [2.24, 2.45) is 5.92 Å². The largest absolute Gasteiger partial charge is 0.310 e. The molecule has 1 atom stereocenters. The second-order valence-electron chi connectivity index (χ2n) is 4.60. The Labute approximate surface area is 99.5 Å². The molecule has 16 heavy (non-hydrogen) atoms. The Morgan fingerprint density at radius 3 is 2.62 bits per heavy atom. The van der Waals surface area contributed by atoms with Crippen LogP contribution in [-0.2, 0) is 6.42 Å². The molecule has 0 radical (unpaired) electrons. The summed E-state index contributed by atoms with van der Waals surface area (Å²) in [7, 11) is 0. The normalized spacial score (nSPS) is 13.1. The number of aromatic nitrogens is 1. The van der Waals surface area contributed by atoms with Crippen molar-refractivity contribution in [3.63, 3.8) is 0 Å². The van der Waals surface area contributed by atoms with Crippen LogP contribution in [0.5, 0.6) is 0 Å². The maximum absolute atomic E-state index is 4.21. The highest BCUT2D eigenvalue weighted by Crippen LogP contribution is 2.24. The van der Waals surface area contributed by atoms with Crippen molar-refractivity contribution in [3.8, 4) is 0 Å². The molecule has 1 N–H and O–H groups in total. The molecule has 0 aliphatic heterocycles. The smallest absolute Gasteiger partial charge is 0.0347 e. The summed E-state index contributed by atoms with van der Waals surface area (Å²) in [5.41, 5.74) is 2.78. The van der Waals surface area contributed by atoms with E-state index in [1.807, 2.05) is 12.4 Å². The predicted molar refractivity (Wildman–Crippen MR) is 69.5 cm³/mol. The average molecular weight is 220 g/mol. The first-order valence-corrected chi connectivity index (χ1v) is 6.36. The SMILES string of the molecule is CCCNC(c1ccncc1CC)C(C)C. The Hall–Kier alpha value is -0.890. The summed E-state index contributed by atoms with van der Waals surface area (Å²) < 4.78 is 0. The zero-order valence-corrected chi connectivity index (χ0v) is 11.0. The standard InChI is InChI=1S/C14H24N2/c1-5-8-16-14(11(3)4)13-7-9-15-10-12(13)6-2/h7,9-11,14,16H,5-6,8H2,1-4H3. The van der Waals surface area contributed by atoms with Gasteiger partial charge in [-0.2, -0.15) is 0 Å². The quantitative estimate of drug-likeness (QED) is 0.795. The van der Waals surface area contributed by atoms with E-state index in [4.69, 9.17) is 0 Å². The molecule has 0 amide bonds. The predicted octanol–water partition coefficient (Wildman–Crippen LogP) is 3.34. The zero-order valence-electron chi connectivity index (χ0n) is 11.0. The maximum Gasteiger partial charge on any atom is 0.0347 e. The highest BCUT2D eigenvalue weighted by Gasteiger charge is 2.17. The molecule has 1 rings (SSSR count). The molecular weight excluding hydrogens is 196 g/mol. The van der Waals surface area contributed by atoms with Crippen molar-refractivity contribution >= 4 is 0 Å². The summed E-state index contributed by atoms with van der Waals surface area (Å²) in [4.78, 5) is 4.21. The molecule has 0 saturated heterocycles.